The molecule has 108 valence electrons. The van der Waals surface area contributed by atoms with Gasteiger partial charge in [0.2, 0.25) is 0 Å². The summed E-state index contributed by atoms with van der Waals surface area (Å²) >= 11 is 0. The standard InChI is InChI=1S/C12H27N3O3/c1-8(2)10(17)6-9(13-3)11(18)12(7-16,14-4)15-5/h8-9,11,13-16,18H,6-7H2,1-5H3. The lowest BCUT2D eigenvalue weighted by Crippen LogP contribution is -2.69. The molecule has 2 atom stereocenters. The molecule has 0 amide bonds. The molecule has 2 unspecified atom stereocenters. The highest BCUT2D eigenvalue weighted by atomic mass is 16.3. The Kier molecular flexibility index (Phi) is 7.58. The number of ketones is 1. The van der Waals surface area contributed by atoms with E-state index in [0.717, 1.165) is 0 Å². The highest BCUT2D eigenvalue weighted by Gasteiger charge is 2.39. The first-order valence-corrected chi connectivity index (χ1v) is 6.25. The maximum atomic E-state index is 11.8. The van der Waals surface area contributed by atoms with Gasteiger partial charge in [-0.15, -0.1) is 0 Å². The van der Waals surface area contributed by atoms with E-state index in [1.807, 2.05) is 13.8 Å². The molecule has 5 N–H and O–H groups in total. The van der Waals surface area contributed by atoms with Gasteiger partial charge in [0.15, 0.2) is 0 Å². The number of rotatable bonds is 9. The third-order valence-electron chi connectivity index (χ3n) is 3.46. The van der Waals surface area contributed by atoms with Crippen LogP contribution in [0.15, 0.2) is 0 Å². The number of carbonyl (C=O) groups excluding carboxylic acids is 1. The van der Waals surface area contributed by atoms with E-state index in [4.69, 9.17) is 0 Å². The van der Waals surface area contributed by atoms with E-state index < -0.39 is 17.8 Å². The van der Waals surface area contributed by atoms with Gasteiger partial charge in [-0.05, 0) is 21.1 Å². The Bertz CT molecular complexity index is 247. The van der Waals surface area contributed by atoms with Gasteiger partial charge in [0.05, 0.1) is 6.61 Å². The Balaban J connectivity index is 4.88. The molecule has 0 fully saturated rings. The van der Waals surface area contributed by atoms with E-state index in [9.17, 15) is 15.0 Å². The third kappa shape index (κ3) is 4.00. The van der Waals surface area contributed by atoms with Crippen molar-refractivity contribution >= 4 is 5.78 Å². The minimum absolute atomic E-state index is 0.0688. The predicted molar refractivity (Wildman–Crippen MR) is 71.3 cm³/mol. The Hall–Kier alpha value is -0.530. The molecule has 0 radical (unpaired) electrons. The first-order valence-electron chi connectivity index (χ1n) is 6.25. The van der Waals surface area contributed by atoms with Crippen LogP contribution in [0.25, 0.3) is 0 Å². The van der Waals surface area contributed by atoms with Gasteiger partial charge in [0.1, 0.15) is 17.6 Å². The summed E-state index contributed by atoms with van der Waals surface area (Å²) < 4.78 is 0. The number of likely N-dealkylation sites (N-methyl/N-ethyl adjacent to an activating group) is 3. The lowest BCUT2D eigenvalue weighted by Gasteiger charge is -2.39. The van der Waals surface area contributed by atoms with Gasteiger partial charge in [0, 0.05) is 18.4 Å². The van der Waals surface area contributed by atoms with Crippen LogP contribution in [0.2, 0.25) is 0 Å². The number of hydrogen-bond donors (Lipinski definition) is 5. The Morgan fingerprint density at radius 1 is 1.22 bits per heavy atom. The van der Waals surface area contributed by atoms with Crippen LogP contribution in [-0.2, 0) is 4.79 Å². The molecule has 0 aromatic heterocycles. The number of carbonyl (C=O) groups is 1. The van der Waals surface area contributed by atoms with Crippen LogP contribution in [0.1, 0.15) is 20.3 Å². The molecule has 0 saturated carbocycles. The van der Waals surface area contributed by atoms with Crippen molar-refractivity contribution in [3.05, 3.63) is 0 Å². The second-order valence-corrected chi connectivity index (χ2v) is 4.79. The van der Waals surface area contributed by atoms with Crippen molar-refractivity contribution < 1.29 is 15.0 Å². The molecular formula is C12H27N3O3. The smallest absolute Gasteiger partial charge is 0.137 e. The quantitative estimate of drug-likeness (QED) is 0.331. The van der Waals surface area contributed by atoms with Crippen molar-refractivity contribution in [1.82, 2.24) is 16.0 Å². The van der Waals surface area contributed by atoms with Gasteiger partial charge >= 0.3 is 0 Å². The topological polar surface area (TPSA) is 93.6 Å². The molecule has 0 aliphatic carbocycles. The second kappa shape index (κ2) is 7.81. The average molecular weight is 261 g/mol. The Morgan fingerprint density at radius 3 is 2.00 bits per heavy atom. The molecule has 0 heterocycles. The highest BCUT2D eigenvalue weighted by molar-refractivity contribution is 5.80. The molecule has 0 bridgehead atoms. The molecule has 0 aromatic rings. The van der Waals surface area contributed by atoms with Crippen LogP contribution >= 0.6 is 0 Å². The zero-order chi connectivity index (χ0) is 14.3. The number of Topliss-reactive ketones (excluding diaryl/α,β-unsaturated/α-hetero) is 1. The molecule has 0 aliphatic heterocycles. The summed E-state index contributed by atoms with van der Waals surface area (Å²) in [4.78, 5) is 11.8. The number of aliphatic hydroxyl groups is 2. The molecule has 0 rings (SSSR count). The van der Waals surface area contributed by atoms with E-state index >= 15 is 0 Å². The molecular weight excluding hydrogens is 234 g/mol. The summed E-state index contributed by atoms with van der Waals surface area (Å²) in [5.41, 5.74) is -1.02. The zero-order valence-electron chi connectivity index (χ0n) is 11.9. The molecule has 0 saturated heterocycles. The third-order valence-corrected chi connectivity index (χ3v) is 3.46. The fraction of sp³-hybridized carbons (Fsp3) is 0.917. The van der Waals surface area contributed by atoms with Crippen molar-refractivity contribution in [3.8, 4) is 0 Å². The van der Waals surface area contributed by atoms with Crippen LogP contribution in [0, 0.1) is 5.92 Å². The van der Waals surface area contributed by atoms with E-state index in [0.29, 0.717) is 0 Å². The molecule has 6 nitrogen and oxygen atoms in total. The van der Waals surface area contributed by atoms with Gasteiger partial charge in [-0.1, -0.05) is 13.8 Å². The monoisotopic (exact) mass is 261 g/mol. The second-order valence-electron chi connectivity index (χ2n) is 4.79. The van der Waals surface area contributed by atoms with E-state index in [1.54, 1.807) is 21.1 Å². The minimum Gasteiger partial charge on any atom is -0.393 e. The van der Waals surface area contributed by atoms with Crippen molar-refractivity contribution in [3.63, 3.8) is 0 Å². The highest BCUT2D eigenvalue weighted by Crippen LogP contribution is 2.14. The normalized spacial score (nSPS) is 15.8. The largest absolute Gasteiger partial charge is 0.393 e. The summed E-state index contributed by atoms with van der Waals surface area (Å²) in [6.45, 7) is 3.38. The van der Waals surface area contributed by atoms with Crippen LogP contribution in [0.5, 0.6) is 0 Å². The lowest BCUT2D eigenvalue weighted by molar-refractivity contribution is -0.123. The van der Waals surface area contributed by atoms with Gasteiger partial charge < -0.3 is 15.5 Å². The van der Waals surface area contributed by atoms with Crippen LogP contribution < -0.4 is 16.0 Å². The molecule has 6 heteroatoms. The van der Waals surface area contributed by atoms with Crippen LogP contribution in [0.3, 0.4) is 0 Å². The van der Waals surface area contributed by atoms with Crippen molar-refractivity contribution in [1.29, 1.82) is 0 Å². The van der Waals surface area contributed by atoms with E-state index in [-0.39, 0.29) is 24.7 Å². The Morgan fingerprint density at radius 2 is 1.72 bits per heavy atom. The summed E-state index contributed by atoms with van der Waals surface area (Å²) in [5.74, 6) is 0.00759. The first kappa shape index (κ1) is 17.5. The van der Waals surface area contributed by atoms with Gasteiger partial charge in [-0.3, -0.25) is 15.4 Å². The number of hydrogen-bond acceptors (Lipinski definition) is 6. The van der Waals surface area contributed by atoms with Crippen molar-refractivity contribution in [2.45, 2.75) is 38.1 Å². The lowest BCUT2D eigenvalue weighted by atomic mass is 9.91. The maximum absolute atomic E-state index is 11.8. The average Bonchev–Trinajstić information content (AvgIpc) is 2.37. The first-order chi connectivity index (χ1) is 8.38. The molecule has 0 spiro atoms. The zero-order valence-corrected chi connectivity index (χ0v) is 11.9. The number of nitrogens with one attached hydrogen (secondary N) is 3. The van der Waals surface area contributed by atoms with Gasteiger partial charge in [-0.2, -0.15) is 0 Å². The number of aliphatic hydroxyl groups excluding tert-OH is 2. The molecule has 18 heavy (non-hydrogen) atoms. The fourth-order valence-corrected chi connectivity index (χ4v) is 1.84. The summed E-state index contributed by atoms with van der Waals surface area (Å²) in [6, 6.07) is -0.424. The van der Waals surface area contributed by atoms with Gasteiger partial charge in [0.25, 0.3) is 0 Å². The summed E-state index contributed by atoms with van der Waals surface area (Å²) in [5, 5.41) is 28.5. The van der Waals surface area contributed by atoms with Crippen LogP contribution in [0.4, 0.5) is 0 Å². The van der Waals surface area contributed by atoms with Crippen molar-refractivity contribution in [2.75, 3.05) is 27.7 Å². The minimum atomic E-state index is -1.02. The van der Waals surface area contributed by atoms with Crippen molar-refractivity contribution in [2.24, 2.45) is 5.92 Å². The van der Waals surface area contributed by atoms with Gasteiger partial charge in [-0.25, -0.2) is 0 Å². The summed E-state index contributed by atoms with van der Waals surface area (Å²) in [7, 11) is 4.98. The summed E-state index contributed by atoms with van der Waals surface area (Å²) in [6.07, 6.45) is -0.717. The van der Waals surface area contributed by atoms with E-state index in [1.165, 1.54) is 0 Å². The van der Waals surface area contributed by atoms with Crippen LogP contribution in [-0.4, -0.2) is 61.6 Å². The SMILES string of the molecule is CNC(CC(=O)C(C)C)C(O)C(CO)(NC)NC. The Labute approximate surface area is 109 Å². The fourth-order valence-electron chi connectivity index (χ4n) is 1.84. The maximum Gasteiger partial charge on any atom is 0.137 e. The molecule has 0 aliphatic rings. The predicted octanol–water partition coefficient (Wildman–Crippen LogP) is -1.32. The van der Waals surface area contributed by atoms with E-state index in [2.05, 4.69) is 16.0 Å². The molecule has 0 aromatic carbocycles.